The zero-order valence-electron chi connectivity index (χ0n) is 15.0. The fraction of sp³-hybridized carbons (Fsp3) is 0.263. The molecule has 0 saturated carbocycles. The first-order chi connectivity index (χ1) is 12.9. The van der Waals surface area contributed by atoms with Crippen molar-refractivity contribution in [2.24, 2.45) is 0 Å². The fourth-order valence-electron chi connectivity index (χ4n) is 2.50. The first-order valence-electron chi connectivity index (χ1n) is 8.15. The van der Waals surface area contributed by atoms with Crippen LogP contribution in [-0.4, -0.2) is 39.1 Å². The molecule has 0 radical (unpaired) electrons. The van der Waals surface area contributed by atoms with Gasteiger partial charge in [-0.2, -0.15) is 0 Å². The maximum atomic E-state index is 13.1. The van der Waals surface area contributed by atoms with Crippen molar-refractivity contribution in [1.29, 1.82) is 0 Å². The molecule has 0 heterocycles. The van der Waals surface area contributed by atoms with E-state index in [1.54, 1.807) is 6.07 Å². The smallest absolute Gasteiger partial charge is 0.251 e. The van der Waals surface area contributed by atoms with Crippen LogP contribution < -0.4 is 20.1 Å². The predicted molar refractivity (Wildman–Crippen MR) is 95.0 cm³/mol. The maximum absolute atomic E-state index is 13.1. The number of para-hydroxylation sites is 1. The van der Waals surface area contributed by atoms with Crippen LogP contribution in [0.5, 0.6) is 11.5 Å². The Labute approximate surface area is 155 Å². The summed E-state index contributed by atoms with van der Waals surface area (Å²) in [4.78, 5) is 23.7. The first kappa shape index (κ1) is 20.2. The molecule has 144 valence electrons. The normalized spacial score (nSPS) is 10.2. The zero-order valence-corrected chi connectivity index (χ0v) is 15.0. The molecule has 2 amide bonds. The summed E-state index contributed by atoms with van der Waals surface area (Å²) in [5.41, 5.74) is 0.665. The maximum Gasteiger partial charge on any atom is 0.251 e. The van der Waals surface area contributed by atoms with E-state index in [9.17, 15) is 18.4 Å². The molecule has 0 atom stereocenters. The third-order valence-electron chi connectivity index (χ3n) is 3.74. The van der Waals surface area contributed by atoms with Crippen molar-refractivity contribution < 1.29 is 27.8 Å². The van der Waals surface area contributed by atoms with E-state index in [2.05, 4.69) is 10.6 Å². The molecule has 2 N–H and O–H groups in total. The van der Waals surface area contributed by atoms with Crippen LogP contribution in [0.25, 0.3) is 0 Å². The van der Waals surface area contributed by atoms with E-state index in [0.29, 0.717) is 30.5 Å². The van der Waals surface area contributed by atoms with Crippen molar-refractivity contribution in [2.75, 3.05) is 27.3 Å². The van der Waals surface area contributed by atoms with Gasteiger partial charge in [0.2, 0.25) is 5.91 Å². The quantitative estimate of drug-likeness (QED) is 0.737. The van der Waals surface area contributed by atoms with Gasteiger partial charge in [-0.25, -0.2) is 8.78 Å². The number of carbonyl (C=O) groups excluding carboxylic acids is 2. The molecule has 2 aromatic carbocycles. The van der Waals surface area contributed by atoms with E-state index in [1.807, 2.05) is 12.1 Å². The van der Waals surface area contributed by atoms with Gasteiger partial charge in [-0.1, -0.05) is 12.1 Å². The van der Waals surface area contributed by atoms with Gasteiger partial charge >= 0.3 is 0 Å². The summed E-state index contributed by atoms with van der Waals surface area (Å²) in [6.07, 6.45) is 0.495. The van der Waals surface area contributed by atoms with Crippen LogP contribution in [0.1, 0.15) is 15.9 Å². The van der Waals surface area contributed by atoms with Crippen molar-refractivity contribution in [1.82, 2.24) is 10.6 Å². The van der Waals surface area contributed by atoms with Crippen LogP contribution in [0.4, 0.5) is 8.78 Å². The number of benzene rings is 2. The van der Waals surface area contributed by atoms with E-state index < -0.39 is 23.4 Å². The molecule has 8 heteroatoms. The predicted octanol–water partition coefficient (Wildman–Crippen LogP) is 2.07. The summed E-state index contributed by atoms with van der Waals surface area (Å²) >= 11 is 0. The minimum atomic E-state index is -0.864. The van der Waals surface area contributed by atoms with E-state index in [0.717, 1.165) is 17.7 Å². The minimum Gasteiger partial charge on any atom is -0.493 e. The second-order valence-electron chi connectivity index (χ2n) is 5.59. The number of hydrogen-bond acceptors (Lipinski definition) is 4. The largest absolute Gasteiger partial charge is 0.493 e. The highest BCUT2D eigenvalue weighted by molar-refractivity contribution is 5.96. The first-order valence-corrected chi connectivity index (χ1v) is 8.15. The second kappa shape index (κ2) is 9.51. The molecule has 6 nitrogen and oxygen atoms in total. The summed E-state index contributed by atoms with van der Waals surface area (Å²) in [7, 11) is 3.07. The van der Waals surface area contributed by atoms with Gasteiger partial charge < -0.3 is 20.1 Å². The third kappa shape index (κ3) is 5.67. The van der Waals surface area contributed by atoms with Crippen LogP contribution in [0, 0.1) is 11.6 Å². The molecule has 27 heavy (non-hydrogen) atoms. The number of nitrogens with one attached hydrogen (secondary N) is 2. The van der Waals surface area contributed by atoms with Gasteiger partial charge in [0, 0.05) is 18.2 Å². The van der Waals surface area contributed by atoms with Gasteiger partial charge in [-0.15, -0.1) is 0 Å². The standard InChI is InChI=1S/C19H20F2N2O4/c1-26-16-5-3-4-12(18(16)27-2)6-7-22-17(24)11-23-19(25)13-8-14(20)10-15(21)9-13/h3-5,8-10H,6-7,11H2,1-2H3,(H,22,24)(H,23,25). The van der Waals surface area contributed by atoms with E-state index in [1.165, 1.54) is 14.2 Å². The molecule has 2 aromatic rings. The Morgan fingerprint density at radius 1 is 1.00 bits per heavy atom. The summed E-state index contributed by atoms with van der Waals surface area (Å²) in [5.74, 6) is -1.71. The SMILES string of the molecule is COc1cccc(CCNC(=O)CNC(=O)c2cc(F)cc(F)c2)c1OC. The molecule has 0 aromatic heterocycles. The Bertz CT molecular complexity index is 807. The molecule has 0 bridgehead atoms. The lowest BCUT2D eigenvalue weighted by molar-refractivity contribution is -0.120. The van der Waals surface area contributed by atoms with Gasteiger partial charge in [0.15, 0.2) is 11.5 Å². The molecule has 0 spiro atoms. The molecule has 0 aliphatic rings. The molecule has 0 fully saturated rings. The van der Waals surface area contributed by atoms with E-state index in [-0.39, 0.29) is 12.1 Å². The summed E-state index contributed by atoms with van der Waals surface area (Å²) in [5, 5.41) is 4.96. The van der Waals surface area contributed by atoms with Crippen LogP contribution in [0.3, 0.4) is 0 Å². The summed E-state index contributed by atoms with van der Waals surface area (Å²) in [6, 6.07) is 7.89. The lowest BCUT2D eigenvalue weighted by Crippen LogP contribution is -2.37. The molecule has 0 aliphatic heterocycles. The van der Waals surface area contributed by atoms with Gasteiger partial charge in [-0.05, 0) is 30.2 Å². The highest BCUT2D eigenvalue weighted by atomic mass is 19.1. The van der Waals surface area contributed by atoms with Gasteiger partial charge in [0.1, 0.15) is 11.6 Å². The molecule has 0 aliphatic carbocycles. The van der Waals surface area contributed by atoms with Crippen molar-refractivity contribution in [3.8, 4) is 11.5 Å². The van der Waals surface area contributed by atoms with Crippen LogP contribution in [0.2, 0.25) is 0 Å². The number of halogens is 2. The highest BCUT2D eigenvalue weighted by Crippen LogP contribution is 2.30. The van der Waals surface area contributed by atoms with Crippen molar-refractivity contribution in [3.05, 3.63) is 59.2 Å². The minimum absolute atomic E-state index is 0.193. The van der Waals surface area contributed by atoms with E-state index >= 15 is 0 Å². The van der Waals surface area contributed by atoms with Gasteiger partial charge in [0.25, 0.3) is 5.91 Å². The van der Waals surface area contributed by atoms with Crippen molar-refractivity contribution in [2.45, 2.75) is 6.42 Å². The van der Waals surface area contributed by atoms with Crippen molar-refractivity contribution >= 4 is 11.8 Å². The fourth-order valence-corrected chi connectivity index (χ4v) is 2.50. The number of hydrogen-bond donors (Lipinski definition) is 2. The Balaban J connectivity index is 1.82. The number of amides is 2. The summed E-state index contributed by atoms with van der Waals surface area (Å²) < 4.78 is 36.8. The zero-order chi connectivity index (χ0) is 19.8. The highest BCUT2D eigenvalue weighted by Gasteiger charge is 2.12. The Morgan fingerprint density at radius 2 is 1.70 bits per heavy atom. The molecule has 0 saturated heterocycles. The summed E-state index contributed by atoms with van der Waals surface area (Å²) in [6.45, 7) is -0.000956. The van der Waals surface area contributed by atoms with E-state index in [4.69, 9.17) is 9.47 Å². The molecule has 2 rings (SSSR count). The van der Waals surface area contributed by atoms with Crippen LogP contribution in [-0.2, 0) is 11.2 Å². The third-order valence-corrected chi connectivity index (χ3v) is 3.74. The van der Waals surface area contributed by atoms with Gasteiger partial charge in [0.05, 0.1) is 20.8 Å². The number of rotatable bonds is 8. The lowest BCUT2D eigenvalue weighted by Gasteiger charge is -2.13. The average Bonchev–Trinajstić information content (AvgIpc) is 2.64. The average molecular weight is 378 g/mol. The van der Waals surface area contributed by atoms with Gasteiger partial charge in [-0.3, -0.25) is 9.59 Å². The topological polar surface area (TPSA) is 76.7 Å². The number of ether oxygens (including phenoxy) is 2. The second-order valence-corrected chi connectivity index (χ2v) is 5.59. The molecular formula is C19H20F2N2O4. The Morgan fingerprint density at radius 3 is 2.33 bits per heavy atom. The number of carbonyl (C=O) groups is 2. The monoisotopic (exact) mass is 378 g/mol. The Kier molecular flexibility index (Phi) is 7.10. The number of methoxy groups -OCH3 is 2. The molecule has 0 unspecified atom stereocenters. The Hall–Kier alpha value is -3.16. The lowest BCUT2D eigenvalue weighted by atomic mass is 10.1. The van der Waals surface area contributed by atoms with Crippen molar-refractivity contribution in [3.63, 3.8) is 0 Å². The molecular weight excluding hydrogens is 358 g/mol. The van der Waals surface area contributed by atoms with Crippen LogP contribution in [0.15, 0.2) is 36.4 Å². The van der Waals surface area contributed by atoms with Crippen LogP contribution >= 0.6 is 0 Å².